The Morgan fingerprint density at radius 3 is 1.89 bits per heavy atom. The van der Waals surface area contributed by atoms with Gasteiger partial charge in [0.15, 0.2) is 5.78 Å². The van der Waals surface area contributed by atoms with Gasteiger partial charge in [0.1, 0.15) is 6.10 Å². The summed E-state index contributed by atoms with van der Waals surface area (Å²) in [6, 6.07) is 22.2. The summed E-state index contributed by atoms with van der Waals surface area (Å²) in [6.07, 6.45) is -1.09. The van der Waals surface area contributed by atoms with Crippen LogP contribution in [0.4, 0.5) is 0 Å². The molecule has 1 atom stereocenters. The van der Waals surface area contributed by atoms with Gasteiger partial charge in [0, 0.05) is 5.56 Å². The first kappa shape index (κ1) is 21.5. The fourth-order valence-corrected chi connectivity index (χ4v) is 2.97. The number of aryl methyl sites for hydroxylation is 2. The van der Waals surface area contributed by atoms with E-state index in [1.165, 1.54) is 12.1 Å². The number of ketones is 1. The Morgan fingerprint density at radius 2 is 1.36 bits per heavy atom. The molecule has 28 heavy (non-hydrogen) atoms. The van der Waals surface area contributed by atoms with Crippen molar-refractivity contribution in [2.75, 3.05) is 0 Å². The SMILES string of the molecule is Cc1ccc(S(=O)(=O)O)cc1.Cc1ccccc1C(=O)C(O)c1ccccc1. The van der Waals surface area contributed by atoms with Crippen LogP contribution in [-0.2, 0) is 10.1 Å². The number of Topliss-reactive ketones (excluding diaryl/α,β-unsaturated/α-hetero) is 1. The van der Waals surface area contributed by atoms with Crippen LogP contribution in [0.3, 0.4) is 0 Å². The van der Waals surface area contributed by atoms with Crippen LogP contribution in [0, 0.1) is 13.8 Å². The third-order valence-electron chi connectivity index (χ3n) is 4.09. The first-order valence-electron chi connectivity index (χ1n) is 8.57. The molecule has 0 aliphatic heterocycles. The molecule has 3 rings (SSSR count). The van der Waals surface area contributed by atoms with Crippen molar-refractivity contribution in [3.63, 3.8) is 0 Å². The Kier molecular flexibility index (Phi) is 7.23. The minimum absolute atomic E-state index is 0.0666. The third kappa shape index (κ3) is 5.85. The molecule has 0 aliphatic rings. The van der Waals surface area contributed by atoms with E-state index in [0.29, 0.717) is 11.1 Å². The number of benzene rings is 3. The number of carbonyl (C=O) groups is 1. The van der Waals surface area contributed by atoms with Crippen LogP contribution in [0.5, 0.6) is 0 Å². The molecule has 0 spiro atoms. The summed E-state index contributed by atoms with van der Waals surface area (Å²) in [4.78, 5) is 12.0. The minimum Gasteiger partial charge on any atom is -0.380 e. The van der Waals surface area contributed by atoms with E-state index in [1.54, 1.807) is 36.4 Å². The van der Waals surface area contributed by atoms with Gasteiger partial charge in [-0.2, -0.15) is 8.42 Å². The summed E-state index contributed by atoms with van der Waals surface area (Å²) in [5, 5.41) is 10.0. The maximum atomic E-state index is 12.1. The molecule has 3 aromatic carbocycles. The van der Waals surface area contributed by atoms with Gasteiger partial charge in [0.05, 0.1) is 4.90 Å². The van der Waals surface area contributed by atoms with Crippen molar-refractivity contribution in [2.45, 2.75) is 24.8 Å². The van der Waals surface area contributed by atoms with Crippen molar-refractivity contribution >= 4 is 15.9 Å². The molecule has 0 aromatic heterocycles. The molecule has 0 bridgehead atoms. The van der Waals surface area contributed by atoms with Gasteiger partial charge in [-0.05, 0) is 37.1 Å². The lowest BCUT2D eigenvalue weighted by Crippen LogP contribution is -2.13. The van der Waals surface area contributed by atoms with E-state index in [-0.39, 0.29) is 10.7 Å². The van der Waals surface area contributed by atoms with Crippen LogP contribution in [0.1, 0.15) is 33.2 Å². The van der Waals surface area contributed by atoms with Gasteiger partial charge in [-0.1, -0.05) is 72.3 Å². The van der Waals surface area contributed by atoms with Gasteiger partial charge in [-0.25, -0.2) is 0 Å². The molecule has 0 aliphatic carbocycles. The Hall–Kier alpha value is -2.80. The van der Waals surface area contributed by atoms with Crippen molar-refractivity contribution in [3.8, 4) is 0 Å². The average molecular weight is 398 g/mol. The molecule has 0 radical (unpaired) electrons. The number of hydrogen-bond donors (Lipinski definition) is 2. The first-order chi connectivity index (χ1) is 13.2. The molecular weight excluding hydrogens is 376 g/mol. The maximum Gasteiger partial charge on any atom is 0.294 e. The highest BCUT2D eigenvalue weighted by molar-refractivity contribution is 7.85. The van der Waals surface area contributed by atoms with Crippen LogP contribution in [0.15, 0.2) is 83.8 Å². The summed E-state index contributed by atoms with van der Waals surface area (Å²) in [5.74, 6) is -0.255. The summed E-state index contributed by atoms with van der Waals surface area (Å²) < 4.78 is 29.6. The normalized spacial score (nSPS) is 11.9. The maximum absolute atomic E-state index is 12.1. The van der Waals surface area contributed by atoms with Crippen LogP contribution >= 0.6 is 0 Å². The molecule has 2 N–H and O–H groups in total. The number of rotatable bonds is 4. The summed E-state index contributed by atoms with van der Waals surface area (Å²) in [7, 11) is -4.02. The van der Waals surface area contributed by atoms with Crippen molar-refractivity contribution in [1.29, 1.82) is 0 Å². The van der Waals surface area contributed by atoms with E-state index in [2.05, 4.69) is 0 Å². The standard InChI is InChI=1S/C15H14O2.C7H8O3S/c1-11-7-5-6-10-13(11)15(17)14(16)12-8-3-2-4-9-12;1-6-2-4-7(5-3-6)11(8,9)10/h2-10,14,16H,1H3;2-5H,1H3,(H,8,9,10). The lowest BCUT2D eigenvalue weighted by Gasteiger charge is -2.11. The van der Waals surface area contributed by atoms with E-state index in [0.717, 1.165) is 11.1 Å². The minimum atomic E-state index is -4.02. The van der Waals surface area contributed by atoms with Gasteiger partial charge < -0.3 is 5.11 Å². The molecule has 0 saturated carbocycles. The Balaban J connectivity index is 0.000000221. The topological polar surface area (TPSA) is 91.7 Å². The van der Waals surface area contributed by atoms with Crippen molar-refractivity contribution < 1.29 is 22.9 Å². The second-order valence-corrected chi connectivity index (χ2v) is 7.70. The number of hydrogen-bond acceptors (Lipinski definition) is 4. The van der Waals surface area contributed by atoms with Gasteiger partial charge in [0.25, 0.3) is 10.1 Å². The van der Waals surface area contributed by atoms with Crippen molar-refractivity contribution in [2.24, 2.45) is 0 Å². The molecular formula is C22H22O5S. The molecule has 1 unspecified atom stereocenters. The van der Waals surface area contributed by atoms with E-state index in [1.807, 2.05) is 44.2 Å². The van der Waals surface area contributed by atoms with Crippen LogP contribution in [-0.4, -0.2) is 23.9 Å². The van der Waals surface area contributed by atoms with Crippen LogP contribution in [0.25, 0.3) is 0 Å². The van der Waals surface area contributed by atoms with Gasteiger partial charge in [-0.3, -0.25) is 9.35 Å². The molecule has 0 fully saturated rings. The quantitative estimate of drug-likeness (QED) is 0.509. The predicted molar refractivity (Wildman–Crippen MR) is 108 cm³/mol. The molecule has 0 saturated heterocycles. The zero-order chi connectivity index (χ0) is 20.7. The molecule has 5 nitrogen and oxygen atoms in total. The van der Waals surface area contributed by atoms with E-state index in [9.17, 15) is 18.3 Å². The monoisotopic (exact) mass is 398 g/mol. The van der Waals surface area contributed by atoms with E-state index >= 15 is 0 Å². The summed E-state index contributed by atoms with van der Waals surface area (Å²) in [5.41, 5.74) is 3.04. The van der Waals surface area contributed by atoms with Crippen LogP contribution < -0.4 is 0 Å². The molecule has 6 heteroatoms. The van der Waals surface area contributed by atoms with Gasteiger partial charge >= 0.3 is 0 Å². The smallest absolute Gasteiger partial charge is 0.294 e. The highest BCUT2D eigenvalue weighted by Crippen LogP contribution is 2.20. The lowest BCUT2D eigenvalue weighted by atomic mass is 9.97. The second-order valence-electron chi connectivity index (χ2n) is 6.28. The third-order valence-corrected chi connectivity index (χ3v) is 4.96. The van der Waals surface area contributed by atoms with Crippen LogP contribution in [0.2, 0.25) is 0 Å². The zero-order valence-electron chi connectivity index (χ0n) is 15.6. The van der Waals surface area contributed by atoms with Gasteiger partial charge in [-0.15, -0.1) is 0 Å². The largest absolute Gasteiger partial charge is 0.380 e. The summed E-state index contributed by atoms with van der Waals surface area (Å²) in [6.45, 7) is 3.71. The van der Waals surface area contributed by atoms with E-state index < -0.39 is 16.2 Å². The molecule has 0 amide bonds. The number of aliphatic hydroxyl groups is 1. The second kappa shape index (κ2) is 9.41. The summed E-state index contributed by atoms with van der Waals surface area (Å²) >= 11 is 0. The predicted octanol–water partition coefficient (Wildman–Crippen LogP) is 4.15. The number of aliphatic hydroxyl groups excluding tert-OH is 1. The average Bonchev–Trinajstić information content (AvgIpc) is 2.68. The Labute approximate surface area is 165 Å². The first-order valence-corrected chi connectivity index (χ1v) is 10.0. The molecule has 0 heterocycles. The Morgan fingerprint density at radius 1 is 0.821 bits per heavy atom. The van der Waals surface area contributed by atoms with Crippen molar-refractivity contribution in [1.82, 2.24) is 0 Å². The van der Waals surface area contributed by atoms with Crippen molar-refractivity contribution in [3.05, 3.63) is 101 Å². The lowest BCUT2D eigenvalue weighted by molar-refractivity contribution is 0.0747. The zero-order valence-corrected chi connectivity index (χ0v) is 16.4. The molecule has 146 valence electrons. The Bertz CT molecular complexity index is 1030. The highest BCUT2D eigenvalue weighted by Gasteiger charge is 2.19. The fourth-order valence-electron chi connectivity index (χ4n) is 2.49. The fraction of sp³-hybridized carbons (Fsp3) is 0.136. The van der Waals surface area contributed by atoms with E-state index in [4.69, 9.17) is 4.55 Å². The molecule has 3 aromatic rings. The highest BCUT2D eigenvalue weighted by atomic mass is 32.2. The van der Waals surface area contributed by atoms with Gasteiger partial charge in [0.2, 0.25) is 0 Å². The number of carbonyl (C=O) groups excluding carboxylic acids is 1.